The molecule has 0 bridgehead atoms. The van der Waals surface area contributed by atoms with E-state index >= 15 is 0 Å². The number of hydrogen-bond acceptors (Lipinski definition) is 5. The number of benzene rings is 2. The van der Waals surface area contributed by atoms with Gasteiger partial charge in [-0.3, -0.25) is 9.10 Å². The second kappa shape index (κ2) is 8.97. The first-order valence-corrected chi connectivity index (χ1v) is 10.7. The van der Waals surface area contributed by atoms with E-state index in [2.05, 4.69) is 5.32 Å². The summed E-state index contributed by atoms with van der Waals surface area (Å²) in [6.07, 6.45) is 1.15. The topological polar surface area (TPSA) is 84.9 Å². The summed E-state index contributed by atoms with van der Waals surface area (Å²) in [7, 11) is -0.235. The number of carbonyl (C=O) groups is 1. The number of amides is 1. The molecule has 0 fully saturated rings. The van der Waals surface area contributed by atoms with E-state index in [0.717, 1.165) is 11.8 Å². The highest BCUT2D eigenvalue weighted by molar-refractivity contribution is 7.92. The van der Waals surface area contributed by atoms with Gasteiger partial charge in [0.05, 0.1) is 32.2 Å². The molecule has 0 aliphatic heterocycles. The fourth-order valence-electron chi connectivity index (χ4n) is 2.87. The molecule has 1 amide bonds. The predicted octanol–water partition coefficient (Wildman–Crippen LogP) is 2.98. The summed E-state index contributed by atoms with van der Waals surface area (Å²) < 4.78 is 35.4. The molecule has 0 unspecified atom stereocenters. The minimum atomic E-state index is -3.36. The van der Waals surface area contributed by atoms with Gasteiger partial charge in [-0.2, -0.15) is 0 Å². The lowest BCUT2D eigenvalue weighted by atomic mass is 10.1. The Morgan fingerprint density at radius 1 is 1.07 bits per heavy atom. The number of carbonyl (C=O) groups excluding carboxylic acids is 1. The minimum Gasteiger partial charge on any atom is -0.493 e. The van der Waals surface area contributed by atoms with Gasteiger partial charge in [0.2, 0.25) is 10.0 Å². The van der Waals surface area contributed by atoms with Gasteiger partial charge in [-0.25, -0.2) is 8.42 Å². The van der Waals surface area contributed by atoms with Crippen LogP contribution in [0.15, 0.2) is 42.5 Å². The Balaban J connectivity index is 2.14. The maximum absolute atomic E-state index is 12.6. The van der Waals surface area contributed by atoms with Crippen LogP contribution >= 0.6 is 0 Å². The standard InChI is InChI=1S/C20H26N2O5S/c1-6-22(28(5,24)25)17-10-7-15(8-11-17)20(23)21-14(2)16-9-12-18(26-3)19(13-16)27-4/h7-14H,6H2,1-5H3,(H,21,23)/t14-/m1/s1. The molecule has 28 heavy (non-hydrogen) atoms. The van der Waals surface area contributed by atoms with Crippen LogP contribution in [0.4, 0.5) is 5.69 Å². The third-order valence-electron chi connectivity index (χ3n) is 4.36. The molecular formula is C20H26N2O5S. The molecule has 0 saturated heterocycles. The summed E-state index contributed by atoms with van der Waals surface area (Å²) in [5.74, 6) is 0.953. The molecule has 0 aromatic heterocycles. The van der Waals surface area contributed by atoms with E-state index in [9.17, 15) is 13.2 Å². The Bertz CT molecular complexity index is 926. The third-order valence-corrected chi connectivity index (χ3v) is 5.63. The normalized spacial score (nSPS) is 12.2. The first-order valence-electron chi connectivity index (χ1n) is 8.81. The maximum Gasteiger partial charge on any atom is 0.251 e. The lowest BCUT2D eigenvalue weighted by Crippen LogP contribution is -2.29. The van der Waals surface area contributed by atoms with E-state index < -0.39 is 10.0 Å². The Morgan fingerprint density at radius 2 is 1.68 bits per heavy atom. The SMILES string of the molecule is CCN(c1ccc(C(=O)N[C@H](C)c2ccc(OC)c(OC)c2)cc1)S(C)(=O)=O. The Morgan fingerprint density at radius 3 is 2.18 bits per heavy atom. The van der Waals surface area contributed by atoms with Gasteiger partial charge in [0.15, 0.2) is 11.5 Å². The molecule has 7 nitrogen and oxygen atoms in total. The Labute approximate surface area is 166 Å². The summed E-state index contributed by atoms with van der Waals surface area (Å²) in [5, 5.41) is 2.93. The van der Waals surface area contributed by atoms with Crippen molar-refractivity contribution in [2.24, 2.45) is 0 Å². The molecule has 0 spiro atoms. The fraction of sp³-hybridized carbons (Fsp3) is 0.350. The molecule has 2 rings (SSSR count). The molecule has 152 valence electrons. The smallest absolute Gasteiger partial charge is 0.251 e. The van der Waals surface area contributed by atoms with Gasteiger partial charge in [-0.1, -0.05) is 6.07 Å². The predicted molar refractivity (Wildman–Crippen MR) is 110 cm³/mol. The van der Waals surface area contributed by atoms with E-state index in [1.807, 2.05) is 19.1 Å². The third kappa shape index (κ3) is 4.95. The maximum atomic E-state index is 12.6. The van der Waals surface area contributed by atoms with Crippen LogP contribution in [0.25, 0.3) is 0 Å². The highest BCUT2D eigenvalue weighted by atomic mass is 32.2. The van der Waals surface area contributed by atoms with Crippen LogP contribution in [0.1, 0.15) is 35.8 Å². The van der Waals surface area contributed by atoms with Gasteiger partial charge in [0, 0.05) is 12.1 Å². The zero-order valence-corrected chi connectivity index (χ0v) is 17.5. The summed E-state index contributed by atoms with van der Waals surface area (Å²) in [4.78, 5) is 12.6. The first kappa shape index (κ1) is 21.6. The van der Waals surface area contributed by atoms with Crippen LogP contribution in [0.3, 0.4) is 0 Å². The monoisotopic (exact) mass is 406 g/mol. The quantitative estimate of drug-likeness (QED) is 0.728. The number of anilines is 1. The van der Waals surface area contributed by atoms with Crippen LogP contribution in [0.5, 0.6) is 11.5 Å². The summed E-state index contributed by atoms with van der Waals surface area (Å²) in [6.45, 7) is 3.95. The zero-order chi connectivity index (χ0) is 20.9. The zero-order valence-electron chi connectivity index (χ0n) is 16.7. The highest BCUT2D eigenvalue weighted by Crippen LogP contribution is 2.30. The van der Waals surface area contributed by atoms with E-state index in [1.54, 1.807) is 51.5 Å². The molecule has 1 N–H and O–H groups in total. The van der Waals surface area contributed by atoms with E-state index in [-0.39, 0.29) is 11.9 Å². The van der Waals surface area contributed by atoms with E-state index in [4.69, 9.17) is 9.47 Å². The van der Waals surface area contributed by atoms with Crippen LogP contribution < -0.4 is 19.1 Å². The van der Waals surface area contributed by atoms with E-state index in [1.165, 1.54) is 4.31 Å². The number of ether oxygens (including phenoxy) is 2. The summed E-state index contributed by atoms with van der Waals surface area (Å²) in [5.41, 5.74) is 1.84. The lowest BCUT2D eigenvalue weighted by Gasteiger charge is -2.21. The molecule has 1 atom stereocenters. The van der Waals surface area contributed by atoms with Gasteiger partial charge < -0.3 is 14.8 Å². The second-order valence-electron chi connectivity index (χ2n) is 6.28. The van der Waals surface area contributed by atoms with Gasteiger partial charge in [-0.15, -0.1) is 0 Å². The number of hydrogen-bond donors (Lipinski definition) is 1. The molecule has 0 aliphatic rings. The van der Waals surface area contributed by atoms with Crippen LogP contribution in [-0.4, -0.2) is 41.3 Å². The molecular weight excluding hydrogens is 380 g/mol. The molecule has 0 saturated carbocycles. The first-order chi connectivity index (χ1) is 13.2. The largest absolute Gasteiger partial charge is 0.493 e. The van der Waals surface area contributed by atoms with Crippen molar-refractivity contribution in [1.82, 2.24) is 5.32 Å². The van der Waals surface area contributed by atoms with Crippen molar-refractivity contribution in [3.8, 4) is 11.5 Å². The molecule has 2 aromatic carbocycles. The van der Waals surface area contributed by atoms with Crippen molar-refractivity contribution in [3.05, 3.63) is 53.6 Å². The number of nitrogens with zero attached hydrogens (tertiary/aromatic N) is 1. The van der Waals surface area contributed by atoms with E-state index in [0.29, 0.717) is 29.3 Å². The van der Waals surface area contributed by atoms with Crippen molar-refractivity contribution in [2.75, 3.05) is 31.3 Å². The molecule has 0 heterocycles. The summed E-state index contributed by atoms with van der Waals surface area (Å²) >= 11 is 0. The minimum absolute atomic E-state index is 0.253. The van der Waals surface area contributed by atoms with Crippen molar-refractivity contribution >= 4 is 21.6 Å². The van der Waals surface area contributed by atoms with Crippen LogP contribution in [0, 0.1) is 0 Å². The van der Waals surface area contributed by atoms with Crippen molar-refractivity contribution in [1.29, 1.82) is 0 Å². The van der Waals surface area contributed by atoms with Crippen LogP contribution in [0.2, 0.25) is 0 Å². The average molecular weight is 407 g/mol. The number of methoxy groups -OCH3 is 2. The van der Waals surface area contributed by atoms with Crippen molar-refractivity contribution in [3.63, 3.8) is 0 Å². The lowest BCUT2D eigenvalue weighted by molar-refractivity contribution is 0.0940. The fourth-order valence-corrected chi connectivity index (χ4v) is 3.85. The van der Waals surface area contributed by atoms with Crippen molar-refractivity contribution in [2.45, 2.75) is 19.9 Å². The Hall–Kier alpha value is -2.74. The van der Waals surface area contributed by atoms with Gasteiger partial charge in [0.1, 0.15) is 0 Å². The second-order valence-corrected chi connectivity index (χ2v) is 8.19. The molecule has 8 heteroatoms. The summed E-state index contributed by atoms with van der Waals surface area (Å²) in [6, 6.07) is 11.7. The number of sulfonamides is 1. The Kier molecular flexibility index (Phi) is 6.90. The van der Waals surface area contributed by atoms with Gasteiger partial charge >= 0.3 is 0 Å². The van der Waals surface area contributed by atoms with Crippen molar-refractivity contribution < 1.29 is 22.7 Å². The molecule has 0 radical (unpaired) electrons. The highest BCUT2D eigenvalue weighted by Gasteiger charge is 2.17. The molecule has 0 aliphatic carbocycles. The van der Waals surface area contributed by atoms with Gasteiger partial charge in [-0.05, 0) is 55.8 Å². The van der Waals surface area contributed by atoms with Gasteiger partial charge in [0.25, 0.3) is 5.91 Å². The van der Waals surface area contributed by atoms with Crippen LogP contribution in [-0.2, 0) is 10.0 Å². The average Bonchev–Trinajstić information content (AvgIpc) is 2.67. The number of nitrogens with one attached hydrogen (secondary N) is 1. The number of rotatable bonds is 8. The molecule has 2 aromatic rings.